The second-order valence-electron chi connectivity index (χ2n) is 5.71. The zero-order valence-electron chi connectivity index (χ0n) is 13.7. The Kier molecular flexibility index (Phi) is 4.41. The lowest BCUT2D eigenvalue weighted by Crippen LogP contribution is -2.15. The van der Waals surface area contributed by atoms with E-state index in [1.807, 2.05) is 0 Å². The van der Waals surface area contributed by atoms with Gasteiger partial charge in [-0.1, -0.05) is 12.1 Å². The van der Waals surface area contributed by atoms with Gasteiger partial charge in [-0.25, -0.2) is 4.98 Å². The quantitative estimate of drug-likeness (QED) is 0.693. The molecule has 0 unspecified atom stereocenters. The fourth-order valence-corrected chi connectivity index (χ4v) is 2.52. The lowest BCUT2D eigenvalue weighted by Gasteiger charge is -2.15. The summed E-state index contributed by atoms with van der Waals surface area (Å²) in [6, 6.07) is 9.66. The van der Waals surface area contributed by atoms with Crippen LogP contribution >= 0.6 is 0 Å². The van der Waals surface area contributed by atoms with E-state index in [4.69, 9.17) is 5.73 Å². The minimum atomic E-state index is -4.56. The molecule has 1 heterocycles. The largest absolute Gasteiger partial charge is 0.416 e. The molecule has 0 saturated heterocycles. The number of aromatic nitrogens is 2. The topological polar surface area (TPSA) is 72.9 Å². The number of carbonyl (C=O) groups excluding carboxylic acids is 1. The highest BCUT2D eigenvalue weighted by molar-refractivity contribution is 6.07. The van der Waals surface area contributed by atoms with Crippen LogP contribution in [0.2, 0.25) is 0 Å². The minimum Gasteiger partial charge on any atom is -0.398 e. The van der Waals surface area contributed by atoms with E-state index in [-0.39, 0.29) is 22.6 Å². The summed E-state index contributed by atoms with van der Waals surface area (Å²) in [4.78, 5) is 16.3. The molecule has 5 nitrogen and oxygen atoms in total. The first kappa shape index (κ1) is 17.5. The number of nitrogens with one attached hydrogen (secondary N) is 1. The molecule has 0 bridgehead atoms. The van der Waals surface area contributed by atoms with Gasteiger partial charge in [0.2, 0.25) is 0 Å². The molecule has 3 N–H and O–H groups in total. The fourth-order valence-electron chi connectivity index (χ4n) is 2.52. The van der Waals surface area contributed by atoms with Crippen LogP contribution in [0.1, 0.15) is 21.6 Å². The van der Waals surface area contributed by atoms with Gasteiger partial charge >= 0.3 is 6.18 Å². The van der Waals surface area contributed by atoms with Crippen LogP contribution in [0.25, 0.3) is 5.69 Å². The molecule has 0 radical (unpaired) electrons. The molecule has 2 aromatic carbocycles. The molecular weight excluding hydrogens is 345 g/mol. The smallest absolute Gasteiger partial charge is 0.398 e. The minimum absolute atomic E-state index is 0.0104. The number of aryl methyl sites for hydroxylation is 1. The molecule has 0 aliphatic carbocycles. The van der Waals surface area contributed by atoms with Crippen molar-refractivity contribution in [1.82, 2.24) is 9.55 Å². The summed E-state index contributed by atoms with van der Waals surface area (Å²) >= 11 is 0. The number of para-hydroxylation sites is 1. The van der Waals surface area contributed by atoms with Crippen molar-refractivity contribution in [3.63, 3.8) is 0 Å². The van der Waals surface area contributed by atoms with Gasteiger partial charge in [-0.15, -0.1) is 0 Å². The molecule has 0 atom stereocenters. The van der Waals surface area contributed by atoms with Gasteiger partial charge in [-0.05, 0) is 37.3 Å². The van der Waals surface area contributed by atoms with Crippen LogP contribution in [-0.2, 0) is 6.18 Å². The molecule has 8 heteroatoms. The summed E-state index contributed by atoms with van der Waals surface area (Å²) in [7, 11) is 0. The Morgan fingerprint density at radius 2 is 1.92 bits per heavy atom. The molecule has 0 fully saturated rings. The van der Waals surface area contributed by atoms with E-state index in [0.29, 0.717) is 5.69 Å². The number of hydrogen-bond donors (Lipinski definition) is 2. The highest BCUT2D eigenvalue weighted by atomic mass is 19.4. The first-order valence-corrected chi connectivity index (χ1v) is 7.63. The molecule has 134 valence electrons. The number of hydrogen-bond acceptors (Lipinski definition) is 3. The van der Waals surface area contributed by atoms with Crippen molar-refractivity contribution in [1.29, 1.82) is 0 Å². The summed E-state index contributed by atoms with van der Waals surface area (Å²) in [5.74, 6) is -0.587. The summed E-state index contributed by atoms with van der Waals surface area (Å²) in [5.41, 5.74) is 6.21. The van der Waals surface area contributed by atoms with Crippen molar-refractivity contribution in [3.8, 4) is 5.69 Å². The van der Waals surface area contributed by atoms with Gasteiger partial charge in [0.25, 0.3) is 5.91 Å². The maximum Gasteiger partial charge on any atom is 0.416 e. The van der Waals surface area contributed by atoms with Crippen molar-refractivity contribution in [2.75, 3.05) is 11.1 Å². The molecule has 3 rings (SSSR count). The van der Waals surface area contributed by atoms with Gasteiger partial charge in [0, 0.05) is 29.0 Å². The average molecular weight is 360 g/mol. The van der Waals surface area contributed by atoms with Gasteiger partial charge in [-0.2, -0.15) is 13.2 Å². The first-order valence-electron chi connectivity index (χ1n) is 7.63. The van der Waals surface area contributed by atoms with Crippen molar-refractivity contribution in [3.05, 3.63) is 71.8 Å². The zero-order valence-corrected chi connectivity index (χ0v) is 13.7. The SMILES string of the molecule is Cc1cncn1-c1cc(NC(=O)c2ccccc2N)cc(C(F)(F)F)c1. The number of halogens is 3. The Bertz CT molecular complexity index is 963. The molecular formula is C18H15F3N4O. The van der Waals surface area contributed by atoms with E-state index < -0.39 is 17.6 Å². The highest BCUT2D eigenvalue weighted by Gasteiger charge is 2.31. The third kappa shape index (κ3) is 3.53. The molecule has 26 heavy (non-hydrogen) atoms. The number of rotatable bonds is 3. The number of nitrogens with zero attached hydrogens (tertiary/aromatic N) is 2. The molecule has 3 aromatic rings. The van der Waals surface area contributed by atoms with Gasteiger partial charge < -0.3 is 15.6 Å². The van der Waals surface area contributed by atoms with Crippen LogP contribution < -0.4 is 11.1 Å². The van der Waals surface area contributed by atoms with Crippen LogP contribution in [0, 0.1) is 6.92 Å². The monoisotopic (exact) mass is 360 g/mol. The predicted molar refractivity (Wildman–Crippen MR) is 92.1 cm³/mol. The zero-order chi connectivity index (χ0) is 18.9. The Morgan fingerprint density at radius 3 is 2.54 bits per heavy atom. The van der Waals surface area contributed by atoms with Gasteiger partial charge in [0.15, 0.2) is 0 Å². The Balaban J connectivity index is 2.03. The Hall–Kier alpha value is -3.29. The summed E-state index contributed by atoms with van der Waals surface area (Å²) < 4.78 is 41.3. The van der Waals surface area contributed by atoms with E-state index in [0.717, 1.165) is 12.1 Å². The van der Waals surface area contributed by atoms with Crippen LogP contribution in [0.15, 0.2) is 55.0 Å². The predicted octanol–water partition coefficient (Wildman–Crippen LogP) is 4.03. The van der Waals surface area contributed by atoms with Gasteiger partial charge in [0.1, 0.15) is 0 Å². The fraction of sp³-hybridized carbons (Fsp3) is 0.111. The van der Waals surface area contributed by atoms with E-state index in [2.05, 4.69) is 10.3 Å². The van der Waals surface area contributed by atoms with Gasteiger partial charge in [0.05, 0.1) is 17.5 Å². The molecule has 0 saturated carbocycles. The lowest BCUT2D eigenvalue weighted by molar-refractivity contribution is -0.137. The van der Waals surface area contributed by atoms with E-state index in [1.165, 1.54) is 29.2 Å². The third-order valence-corrected chi connectivity index (χ3v) is 3.81. The normalized spacial score (nSPS) is 11.4. The maximum atomic E-state index is 13.3. The van der Waals surface area contributed by atoms with Crippen molar-refractivity contribution < 1.29 is 18.0 Å². The lowest BCUT2D eigenvalue weighted by atomic mass is 10.1. The van der Waals surface area contributed by atoms with E-state index >= 15 is 0 Å². The van der Waals surface area contributed by atoms with E-state index in [1.54, 1.807) is 25.1 Å². The first-order chi connectivity index (χ1) is 12.3. The number of nitrogens with two attached hydrogens (primary N) is 1. The molecule has 0 aliphatic heterocycles. The highest BCUT2D eigenvalue weighted by Crippen LogP contribution is 2.33. The molecule has 1 aromatic heterocycles. The number of benzene rings is 2. The summed E-state index contributed by atoms with van der Waals surface area (Å²) in [6.07, 6.45) is -1.62. The molecule has 0 aliphatic rings. The number of nitrogen functional groups attached to an aromatic ring is 1. The standard InChI is InChI=1S/C18H15F3N4O/c1-11-9-23-10-25(11)14-7-12(18(19,20)21)6-13(8-14)24-17(26)15-4-2-3-5-16(15)22/h2-10H,22H2,1H3,(H,24,26). The molecule has 0 spiro atoms. The second kappa shape index (κ2) is 6.55. The van der Waals surface area contributed by atoms with Crippen molar-refractivity contribution in [2.24, 2.45) is 0 Å². The Labute approximate surface area is 147 Å². The summed E-state index contributed by atoms with van der Waals surface area (Å²) in [6.45, 7) is 1.72. The molecule has 1 amide bonds. The van der Waals surface area contributed by atoms with Crippen molar-refractivity contribution in [2.45, 2.75) is 13.1 Å². The van der Waals surface area contributed by atoms with Crippen LogP contribution in [0.3, 0.4) is 0 Å². The number of amides is 1. The van der Waals surface area contributed by atoms with Crippen LogP contribution in [0.4, 0.5) is 24.5 Å². The second-order valence-corrected chi connectivity index (χ2v) is 5.71. The van der Waals surface area contributed by atoms with Crippen molar-refractivity contribution >= 4 is 17.3 Å². The van der Waals surface area contributed by atoms with Gasteiger partial charge in [-0.3, -0.25) is 4.79 Å². The average Bonchev–Trinajstić information content (AvgIpc) is 3.00. The number of carbonyl (C=O) groups is 1. The number of anilines is 2. The van der Waals surface area contributed by atoms with E-state index in [9.17, 15) is 18.0 Å². The van der Waals surface area contributed by atoms with Crippen LogP contribution in [-0.4, -0.2) is 15.5 Å². The maximum absolute atomic E-state index is 13.3. The third-order valence-electron chi connectivity index (χ3n) is 3.81. The van der Waals surface area contributed by atoms with Crippen LogP contribution in [0.5, 0.6) is 0 Å². The Morgan fingerprint density at radius 1 is 1.19 bits per heavy atom. The number of alkyl halides is 3. The summed E-state index contributed by atoms with van der Waals surface area (Å²) in [5, 5.41) is 2.48. The number of imidazole rings is 1.